The van der Waals surface area contributed by atoms with Crippen molar-refractivity contribution in [2.24, 2.45) is 10.9 Å². The van der Waals surface area contributed by atoms with E-state index in [9.17, 15) is 0 Å². The van der Waals surface area contributed by atoms with Crippen molar-refractivity contribution in [3.8, 4) is 0 Å². The Balaban J connectivity index is 2.06. The van der Waals surface area contributed by atoms with E-state index in [2.05, 4.69) is 55.8 Å². The summed E-state index contributed by atoms with van der Waals surface area (Å²) in [5.74, 6) is 0.726. The van der Waals surface area contributed by atoms with Gasteiger partial charge >= 0.3 is 0 Å². The SMILES string of the molecule is C=CC(/C=C/c1ccc(C2CC(C)CC(C)O2)cc1)=C\C=N\C. The molecule has 1 aromatic carbocycles. The van der Waals surface area contributed by atoms with E-state index in [0.717, 1.165) is 24.3 Å². The molecule has 0 aliphatic carbocycles. The molecule has 23 heavy (non-hydrogen) atoms. The van der Waals surface area contributed by atoms with Crippen LogP contribution in [-0.2, 0) is 4.74 Å². The third-order valence-corrected chi connectivity index (χ3v) is 4.18. The van der Waals surface area contributed by atoms with E-state index in [4.69, 9.17) is 4.74 Å². The quantitative estimate of drug-likeness (QED) is 0.528. The van der Waals surface area contributed by atoms with Crippen molar-refractivity contribution in [1.82, 2.24) is 0 Å². The Morgan fingerprint density at radius 3 is 2.57 bits per heavy atom. The fourth-order valence-electron chi connectivity index (χ4n) is 3.00. The van der Waals surface area contributed by atoms with Crippen LogP contribution in [0.25, 0.3) is 6.08 Å². The lowest BCUT2D eigenvalue weighted by molar-refractivity contribution is -0.0604. The van der Waals surface area contributed by atoms with Crippen LogP contribution in [0.2, 0.25) is 0 Å². The number of hydrogen-bond acceptors (Lipinski definition) is 2. The summed E-state index contributed by atoms with van der Waals surface area (Å²) in [5.41, 5.74) is 3.49. The largest absolute Gasteiger partial charge is 0.371 e. The Kier molecular flexibility index (Phi) is 6.54. The minimum atomic E-state index is 0.233. The van der Waals surface area contributed by atoms with Crippen LogP contribution in [0.4, 0.5) is 0 Å². The van der Waals surface area contributed by atoms with Crippen molar-refractivity contribution in [2.45, 2.75) is 38.9 Å². The average Bonchev–Trinajstić information content (AvgIpc) is 2.54. The number of rotatable bonds is 5. The lowest BCUT2D eigenvalue weighted by Crippen LogP contribution is -2.24. The molecule has 3 atom stereocenters. The summed E-state index contributed by atoms with van der Waals surface area (Å²) in [5, 5.41) is 0. The second kappa shape index (κ2) is 8.64. The van der Waals surface area contributed by atoms with Crippen LogP contribution >= 0.6 is 0 Å². The minimum Gasteiger partial charge on any atom is -0.371 e. The van der Waals surface area contributed by atoms with Gasteiger partial charge in [0.15, 0.2) is 0 Å². The van der Waals surface area contributed by atoms with Gasteiger partial charge in [-0.2, -0.15) is 0 Å². The summed E-state index contributed by atoms with van der Waals surface area (Å²) in [6, 6.07) is 8.65. The van der Waals surface area contributed by atoms with E-state index in [0.29, 0.717) is 6.10 Å². The molecule has 1 aliphatic heterocycles. The highest BCUT2D eigenvalue weighted by Gasteiger charge is 2.25. The zero-order chi connectivity index (χ0) is 16.7. The highest BCUT2D eigenvalue weighted by Crippen LogP contribution is 2.34. The molecule has 1 fully saturated rings. The number of hydrogen-bond donors (Lipinski definition) is 0. The first-order chi connectivity index (χ1) is 11.1. The molecule has 0 spiro atoms. The third kappa shape index (κ3) is 5.33. The first-order valence-corrected chi connectivity index (χ1v) is 8.30. The van der Waals surface area contributed by atoms with Gasteiger partial charge in [0.2, 0.25) is 0 Å². The number of benzene rings is 1. The first-order valence-electron chi connectivity index (χ1n) is 8.30. The van der Waals surface area contributed by atoms with E-state index < -0.39 is 0 Å². The van der Waals surface area contributed by atoms with Crippen LogP contribution < -0.4 is 0 Å². The number of aliphatic imine (C=N–C) groups is 1. The monoisotopic (exact) mass is 309 g/mol. The van der Waals surface area contributed by atoms with Gasteiger partial charge in [0.1, 0.15) is 0 Å². The first kappa shape index (κ1) is 17.4. The van der Waals surface area contributed by atoms with Gasteiger partial charge in [-0.15, -0.1) is 0 Å². The maximum Gasteiger partial charge on any atom is 0.0831 e. The molecular weight excluding hydrogens is 282 g/mol. The summed E-state index contributed by atoms with van der Waals surface area (Å²) >= 11 is 0. The fraction of sp³-hybridized carbons (Fsp3) is 0.381. The summed E-state index contributed by atoms with van der Waals surface area (Å²) < 4.78 is 6.09. The standard InChI is InChI=1S/C21H27NO/c1-5-18(12-13-22-4)6-7-19-8-10-20(11-9-19)21-15-16(2)14-17(3)23-21/h5-13,16-17,21H,1,14-15H2,2-4H3/b7-6+,18-12+,22-13+. The zero-order valence-electron chi connectivity index (χ0n) is 14.4. The minimum absolute atomic E-state index is 0.233. The Hall–Kier alpha value is -1.93. The van der Waals surface area contributed by atoms with Gasteiger partial charge in [0, 0.05) is 13.3 Å². The van der Waals surface area contributed by atoms with E-state index in [1.807, 2.05) is 18.2 Å². The van der Waals surface area contributed by atoms with Crippen LogP contribution in [0.5, 0.6) is 0 Å². The molecule has 0 radical (unpaired) electrons. The Bertz CT molecular complexity index is 585. The lowest BCUT2D eigenvalue weighted by Gasteiger charge is -2.32. The molecule has 1 saturated heterocycles. The molecule has 0 amide bonds. The second-order valence-corrected chi connectivity index (χ2v) is 6.29. The molecule has 2 heteroatoms. The van der Waals surface area contributed by atoms with Crippen molar-refractivity contribution >= 4 is 12.3 Å². The molecule has 3 unspecified atom stereocenters. The zero-order valence-corrected chi connectivity index (χ0v) is 14.4. The van der Waals surface area contributed by atoms with Gasteiger partial charge in [0.25, 0.3) is 0 Å². The maximum absolute atomic E-state index is 6.09. The molecule has 1 aromatic rings. The van der Waals surface area contributed by atoms with Gasteiger partial charge in [-0.05, 0) is 48.5 Å². The molecule has 0 aromatic heterocycles. The predicted molar refractivity (Wildman–Crippen MR) is 99.9 cm³/mol. The van der Waals surface area contributed by atoms with Gasteiger partial charge in [0.05, 0.1) is 12.2 Å². The van der Waals surface area contributed by atoms with E-state index in [-0.39, 0.29) is 6.10 Å². The van der Waals surface area contributed by atoms with Gasteiger partial charge in [-0.3, -0.25) is 4.99 Å². The van der Waals surface area contributed by atoms with Gasteiger partial charge < -0.3 is 4.74 Å². The number of ether oxygens (including phenoxy) is 1. The Labute approximate surface area is 140 Å². The second-order valence-electron chi connectivity index (χ2n) is 6.29. The molecule has 2 nitrogen and oxygen atoms in total. The highest BCUT2D eigenvalue weighted by molar-refractivity contribution is 5.74. The fourth-order valence-corrected chi connectivity index (χ4v) is 3.00. The normalized spacial score (nSPS) is 26.0. The van der Waals surface area contributed by atoms with Crippen LogP contribution in [0.1, 0.15) is 43.9 Å². The molecular formula is C21H27NO. The molecule has 0 saturated carbocycles. The van der Waals surface area contributed by atoms with Crippen molar-refractivity contribution in [3.05, 3.63) is 65.8 Å². The summed E-state index contributed by atoms with van der Waals surface area (Å²) in [6.45, 7) is 8.30. The molecule has 2 rings (SSSR count). The summed E-state index contributed by atoms with van der Waals surface area (Å²) in [7, 11) is 1.76. The average molecular weight is 309 g/mol. The summed E-state index contributed by atoms with van der Waals surface area (Å²) in [6.07, 6.45) is 12.5. The number of nitrogens with zero attached hydrogens (tertiary/aromatic N) is 1. The van der Waals surface area contributed by atoms with Crippen LogP contribution in [0.15, 0.2) is 59.6 Å². The number of allylic oxidation sites excluding steroid dienone is 4. The molecule has 122 valence electrons. The lowest BCUT2D eigenvalue weighted by atomic mass is 9.90. The van der Waals surface area contributed by atoms with E-state index in [1.165, 1.54) is 11.1 Å². The van der Waals surface area contributed by atoms with Crippen LogP contribution in [0, 0.1) is 5.92 Å². The van der Waals surface area contributed by atoms with Crippen molar-refractivity contribution < 1.29 is 4.74 Å². The maximum atomic E-state index is 6.09. The predicted octanol–water partition coefficient (Wildman–Crippen LogP) is 5.39. The van der Waals surface area contributed by atoms with E-state index >= 15 is 0 Å². The van der Waals surface area contributed by atoms with Crippen LogP contribution in [-0.4, -0.2) is 19.4 Å². The van der Waals surface area contributed by atoms with E-state index in [1.54, 1.807) is 13.3 Å². The third-order valence-electron chi connectivity index (χ3n) is 4.18. The van der Waals surface area contributed by atoms with Gasteiger partial charge in [-0.25, -0.2) is 0 Å². The van der Waals surface area contributed by atoms with Crippen molar-refractivity contribution in [1.29, 1.82) is 0 Å². The van der Waals surface area contributed by atoms with Crippen molar-refractivity contribution in [3.63, 3.8) is 0 Å². The molecule has 1 aliphatic rings. The van der Waals surface area contributed by atoms with Crippen LogP contribution in [0.3, 0.4) is 0 Å². The Morgan fingerprint density at radius 1 is 1.22 bits per heavy atom. The topological polar surface area (TPSA) is 21.6 Å². The molecule has 1 heterocycles. The molecule has 0 N–H and O–H groups in total. The smallest absolute Gasteiger partial charge is 0.0831 e. The Morgan fingerprint density at radius 2 is 1.96 bits per heavy atom. The summed E-state index contributed by atoms with van der Waals surface area (Å²) in [4.78, 5) is 3.96. The van der Waals surface area contributed by atoms with Gasteiger partial charge in [-0.1, -0.05) is 56.0 Å². The molecule has 0 bridgehead atoms. The highest BCUT2D eigenvalue weighted by atomic mass is 16.5. The van der Waals surface area contributed by atoms with Crippen molar-refractivity contribution in [2.75, 3.05) is 7.05 Å².